The first-order valence-corrected chi connectivity index (χ1v) is 9.37. The number of aldehydes is 1. The fraction of sp³-hybridized carbons (Fsp3) is 0.316. The lowest BCUT2D eigenvalue weighted by molar-refractivity contribution is 0.112. The molecule has 0 aromatic heterocycles. The van der Waals surface area contributed by atoms with Crippen molar-refractivity contribution < 1.29 is 26.3 Å². The van der Waals surface area contributed by atoms with E-state index in [2.05, 4.69) is 0 Å². The molecule has 0 radical (unpaired) electrons. The number of hydrogen-bond donors (Lipinski definition) is 0. The molecule has 0 unspecified atom stereocenters. The summed E-state index contributed by atoms with van der Waals surface area (Å²) >= 11 is 0. The summed E-state index contributed by atoms with van der Waals surface area (Å²) in [6.45, 7) is 5.70. The van der Waals surface area contributed by atoms with E-state index >= 15 is 0 Å². The van der Waals surface area contributed by atoms with Gasteiger partial charge in [-0.2, -0.15) is 8.42 Å². The first-order chi connectivity index (χ1) is 12.2. The van der Waals surface area contributed by atoms with Crippen molar-refractivity contribution in [3.05, 3.63) is 59.7 Å². The van der Waals surface area contributed by atoms with Crippen LogP contribution in [-0.4, -0.2) is 21.3 Å². The van der Waals surface area contributed by atoms with E-state index in [9.17, 15) is 13.2 Å². The maximum atomic E-state index is 12.1. The smallest absolute Gasteiger partial charge is 0.449 e. The molecule has 0 N–H and O–H groups in total. The number of ether oxygens (including phenoxy) is 1. The molecule has 2 aromatic rings. The van der Waals surface area contributed by atoms with Gasteiger partial charge in [0.15, 0.2) is 11.5 Å². The monoisotopic (exact) mass is 378 g/mol. The molecule has 0 atom stereocenters. The summed E-state index contributed by atoms with van der Waals surface area (Å²) in [4.78, 5) is 11.0. The minimum atomic E-state index is -4.29. The molecule has 0 heterocycles. The summed E-state index contributed by atoms with van der Waals surface area (Å²) in [5, 5.41) is 0. The molecule has 0 bridgehead atoms. The zero-order valence-corrected chi connectivity index (χ0v) is 15.8. The van der Waals surface area contributed by atoms with Crippen molar-refractivity contribution >= 4 is 16.7 Å². The van der Waals surface area contributed by atoms with Crippen molar-refractivity contribution in [1.29, 1.82) is 0 Å². The van der Waals surface area contributed by atoms with Crippen LogP contribution in [0, 0.1) is 5.41 Å². The van der Waals surface area contributed by atoms with Crippen molar-refractivity contribution in [2.45, 2.75) is 27.4 Å². The Labute approximate surface area is 154 Å². The van der Waals surface area contributed by atoms with E-state index < -0.39 is 10.4 Å². The van der Waals surface area contributed by atoms with Crippen molar-refractivity contribution in [3.63, 3.8) is 0 Å². The largest absolute Gasteiger partial charge is 0.485 e. The van der Waals surface area contributed by atoms with E-state index in [0.717, 1.165) is 5.56 Å². The highest BCUT2D eigenvalue weighted by Crippen LogP contribution is 2.30. The van der Waals surface area contributed by atoms with Crippen LogP contribution in [0.25, 0.3) is 0 Å². The standard InChI is InChI=1S/C19H22O6S/c1-19(2,3)14-24-26(21,22)25-18-11-16(12-20)9-10-17(18)23-13-15-7-5-4-6-8-15/h4-12H,13-14H2,1-3H3. The summed E-state index contributed by atoms with van der Waals surface area (Å²) in [6.07, 6.45) is 0.594. The maximum absolute atomic E-state index is 12.1. The molecule has 140 valence electrons. The van der Waals surface area contributed by atoms with E-state index in [1.807, 2.05) is 51.1 Å². The summed E-state index contributed by atoms with van der Waals surface area (Å²) in [7, 11) is -4.29. The fourth-order valence-corrected chi connectivity index (χ4v) is 2.80. The molecule has 0 fully saturated rings. The normalized spacial score (nSPS) is 11.8. The van der Waals surface area contributed by atoms with E-state index in [1.165, 1.54) is 18.2 Å². The molecule has 2 aromatic carbocycles. The van der Waals surface area contributed by atoms with Gasteiger partial charge < -0.3 is 8.92 Å². The highest BCUT2D eigenvalue weighted by atomic mass is 32.3. The first kappa shape index (κ1) is 19.9. The molecule has 0 aliphatic carbocycles. The lowest BCUT2D eigenvalue weighted by atomic mass is 9.99. The van der Waals surface area contributed by atoms with Gasteiger partial charge in [-0.25, -0.2) is 4.18 Å². The molecular formula is C19H22O6S. The third-order valence-corrected chi connectivity index (χ3v) is 3.96. The fourth-order valence-electron chi connectivity index (χ4n) is 1.90. The number of rotatable bonds is 8. The van der Waals surface area contributed by atoms with Gasteiger partial charge in [-0.15, -0.1) is 0 Å². The number of benzene rings is 2. The van der Waals surface area contributed by atoms with E-state index in [1.54, 1.807) is 0 Å². The van der Waals surface area contributed by atoms with Crippen molar-refractivity contribution in [2.24, 2.45) is 5.41 Å². The molecule has 0 saturated heterocycles. The van der Waals surface area contributed by atoms with Gasteiger partial charge >= 0.3 is 10.4 Å². The molecule has 2 rings (SSSR count). The molecule has 6 nitrogen and oxygen atoms in total. The van der Waals surface area contributed by atoms with Crippen molar-refractivity contribution in [1.82, 2.24) is 0 Å². The SMILES string of the molecule is CC(C)(C)COS(=O)(=O)Oc1cc(C=O)ccc1OCc1ccccc1. The Morgan fingerprint density at radius 3 is 2.31 bits per heavy atom. The van der Waals surface area contributed by atoms with Gasteiger partial charge in [0.25, 0.3) is 0 Å². The Morgan fingerprint density at radius 2 is 1.69 bits per heavy atom. The van der Waals surface area contributed by atoms with Crippen LogP contribution in [0.1, 0.15) is 36.7 Å². The highest BCUT2D eigenvalue weighted by Gasteiger charge is 2.22. The maximum Gasteiger partial charge on any atom is 0.449 e. The first-order valence-electron chi connectivity index (χ1n) is 8.03. The second-order valence-electron chi connectivity index (χ2n) is 6.91. The lowest BCUT2D eigenvalue weighted by Gasteiger charge is -2.18. The Hall–Kier alpha value is -2.38. The van der Waals surface area contributed by atoms with Gasteiger partial charge in [-0.05, 0) is 29.2 Å². The van der Waals surface area contributed by atoms with Gasteiger partial charge in [-0.1, -0.05) is 51.1 Å². The molecule has 0 aliphatic heterocycles. The zero-order chi connectivity index (χ0) is 19.2. The summed E-state index contributed by atoms with van der Waals surface area (Å²) in [6, 6.07) is 13.7. The molecule has 7 heteroatoms. The van der Waals surface area contributed by atoms with Crippen molar-refractivity contribution in [2.75, 3.05) is 6.61 Å². The van der Waals surface area contributed by atoms with Gasteiger partial charge in [0.2, 0.25) is 0 Å². The topological polar surface area (TPSA) is 78.9 Å². The Morgan fingerprint density at radius 1 is 1.00 bits per heavy atom. The van der Waals surface area contributed by atoms with Crippen LogP contribution >= 0.6 is 0 Å². The number of carbonyl (C=O) groups excluding carboxylic acids is 1. The quantitative estimate of drug-likeness (QED) is 0.651. The van der Waals surface area contributed by atoms with Gasteiger partial charge in [0, 0.05) is 5.56 Å². The molecule has 0 saturated carbocycles. The predicted molar refractivity (Wildman–Crippen MR) is 97.6 cm³/mol. The number of carbonyl (C=O) groups is 1. The molecule has 0 amide bonds. The zero-order valence-electron chi connectivity index (χ0n) is 15.0. The van der Waals surface area contributed by atoms with Crippen LogP contribution in [0.5, 0.6) is 11.5 Å². The van der Waals surface area contributed by atoms with Crippen molar-refractivity contribution in [3.8, 4) is 11.5 Å². The summed E-state index contributed by atoms with van der Waals surface area (Å²) in [5.74, 6) is 0.0989. The minimum absolute atomic E-state index is 0.0388. The van der Waals surface area contributed by atoms with E-state index in [0.29, 0.717) is 6.29 Å². The second kappa shape index (κ2) is 8.33. The van der Waals surface area contributed by atoms with Crippen LogP contribution in [-0.2, 0) is 21.2 Å². The Kier molecular flexibility index (Phi) is 6.39. The molecule has 0 spiro atoms. The minimum Gasteiger partial charge on any atom is -0.485 e. The third-order valence-electron chi connectivity index (χ3n) is 3.17. The average molecular weight is 378 g/mol. The van der Waals surface area contributed by atoms with E-state index in [4.69, 9.17) is 13.1 Å². The van der Waals surface area contributed by atoms with Crippen LogP contribution < -0.4 is 8.92 Å². The average Bonchev–Trinajstić information content (AvgIpc) is 2.59. The Balaban J connectivity index is 2.18. The Bertz CT molecular complexity index is 838. The summed E-state index contributed by atoms with van der Waals surface area (Å²) in [5.41, 5.74) is 0.816. The van der Waals surface area contributed by atoms with Gasteiger partial charge in [0.1, 0.15) is 12.9 Å². The van der Waals surface area contributed by atoms with Crippen LogP contribution in [0.3, 0.4) is 0 Å². The second-order valence-corrected chi connectivity index (χ2v) is 8.13. The number of hydrogen-bond acceptors (Lipinski definition) is 6. The third kappa shape index (κ3) is 6.50. The van der Waals surface area contributed by atoms with Crippen LogP contribution in [0.15, 0.2) is 48.5 Å². The molecule has 26 heavy (non-hydrogen) atoms. The molecule has 0 aliphatic rings. The lowest BCUT2D eigenvalue weighted by Crippen LogP contribution is -2.22. The van der Waals surface area contributed by atoms with Crippen LogP contribution in [0.2, 0.25) is 0 Å². The summed E-state index contributed by atoms with van der Waals surface area (Å²) < 4.78 is 39.7. The van der Waals surface area contributed by atoms with E-state index in [-0.39, 0.29) is 35.7 Å². The molecular weight excluding hydrogens is 356 g/mol. The van der Waals surface area contributed by atoms with Crippen LogP contribution in [0.4, 0.5) is 0 Å². The van der Waals surface area contributed by atoms with Gasteiger partial charge in [0.05, 0.1) is 6.61 Å². The van der Waals surface area contributed by atoms with Gasteiger partial charge in [-0.3, -0.25) is 4.79 Å². The predicted octanol–water partition coefficient (Wildman–Crippen LogP) is 3.76. The highest BCUT2D eigenvalue weighted by molar-refractivity contribution is 7.82.